The average Bonchev–Trinajstić information content (AvgIpc) is 2.62. The molecule has 2 N–H and O–H groups in total. The minimum atomic E-state index is -0.882. The van der Waals surface area contributed by atoms with E-state index in [1.807, 2.05) is 0 Å². The van der Waals surface area contributed by atoms with Crippen molar-refractivity contribution in [3.8, 4) is 0 Å². The lowest BCUT2D eigenvalue weighted by Crippen LogP contribution is -2.39. The quantitative estimate of drug-likeness (QED) is 0.732. The molecule has 0 aromatic rings. The number of nitrogens with zero attached hydrogens (tertiary/aromatic N) is 1. The Morgan fingerprint density at radius 3 is 2.20 bits per heavy atom. The monoisotopic (exact) mass is 285 g/mol. The summed E-state index contributed by atoms with van der Waals surface area (Å²) in [4.78, 5) is 25.4. The number of aliphatic carboxylic acids is 1. The van der Waals surface area contributed by atoms with Gasteiger partial charge in [0.15, 0.2) is 0 Å². The molecule has 0 aromatic heterocycles. The first-order chi connectivity index (χ1) is 9.37. The van der Waals surface area contributed by atoms with Crippen molar-refractivity contribution in [2.45, 2.75) is 64.4 Å². The smallest absolute Gasteiger partial charge is 0.310 e. The van der Waals surface area contributed by atoms with Crippen LogP contribution in [0, 0.1) is 5.41 Å². The molecule has 1 aliphatic rings. The molecule has 0 radical (unpaired) electrons. The molecule has 1 unspecified atom stereocenters. The molecule has 1 atom stereocenters. The maximum atomic E-state index is 12.2. The van der Waals surface area contributed by atoms with Crippen molar-refractivity contribution in [3.05, 3.63) is 0 Å². The molecule has 0 saturated heterocycles. The number of aliphatic hydroxyl groups is 1. The predicted molar refractivity (Wildman–Crippen MR) is 76.3 cm³/mol. The fourth-order valence-corrected chi connectivity index (χ4v) is 2.80. The molecule has 0 heterocycles. The summed E-state index contributed by atoms with van der Waals surface area (Å²) < 4.78 is 0. The summed E-state index contributed by atoms with van der Waals surface area (Å²) in [6.45, 7) is 2.15. The van der Waals surface area contributed by atoms with Gasteiger partial charge in [-0.3, -0.25) is 9.59 Å². The Labute approximate surface area is 121 Å². The molecule has 1 fully saturated rings. The molecule has 20 heavy (non-hydrogen) atoms. The van der Waals surface area contributed by atoms with Crippen LogP contribution >= 0.6 is 0 Å². The summed E-state index contributed by atoms with van der Waals surface area (Å²) in [5.74, 6) is -0.966. The van der Waals surface area contributed by atoms with Gasteiger partial charge in [-0.2, -0.15) is 0 Å². The highest BCUT2D eigenvalue weighted by atomic mass is 16.4. The first-order valence-electron chi connectivity index (χ1n) is 7.53. The minimum absolute atomic E-state index is 0.0820. The Kier molecular flexibility index (Phi) is 6.46. The number of carbonyl (C=O) groups excluding carboxylic acids is 1. The second-order valence-electron chi connectivity index (χ2n) is 6.13. The number of carbonyl (C=O) groups is 2. The van der Waals surface area contributed by atoms with Crippen molar-refractivity contribution in [1.29, 1.82) is 0 Å². The van der Waals surface area contributed by atoms with Crippen molar-refractivity contribution in [2.75, 3.05) is 13.6 Å². The molecule has 1 rings (SSSR count). The zero-order valence-electron chi connectivity index (χ0n) is 12.6. The summed E-state index contributed by atoms with van der Waals surface area (Å²) in [5.41, 5.74) is -0.882. The number of carboxylic acids is 1. The first kappa shape index (κ1) is 17.0. The fraction of sp³-hybridized carbons (Fsp3) is 0.867. The van der Waals surface area contributed by atoms with E-state index in [1.165, 1.54) is 0 Å². The van der Waals surface area contributed by atoms with Gasteiger partial charge in [0.25, 0.3) is 0 Å². The van der Waals surface area contributed by atoms with Crippen LogP contribution in [-0.2, 0) is 9.59 Å². The zero-order chi connectivity index (χ0) is 15.2. The Balaban J connectivity index is 2.65. The highest BCUT2D eigenvalue weighted by Gasteiger charge is 2.41. The molecule has 1 saturated carbocycles. The lowest BCUT2D eigenvalue weighted by atomic mass is 9.77. The topological polar surface area (TPSA) is 77.8 Å². The number of hydrogen-bond acceptors (Lipinski definition) is 3. The maximum Gasteiger partial charge on any atom is 0.310 e. The zero-order valence-corrected chi connectivity index (χ0v) is 12.6. The molecular weight excluding hydrogens is 258 g/mol. The third kappa shape index (κ3) is 4.78. The van der Waals surface area contributed by atoms with Crippen LogP contribution in [0.5, 0.6) is 0 Å². The molecule has 116 valence electrons. The van der Waals surface area contributed by atoms with Gasteiger partial charge in [0.2, 0.25) is 5.91 Å². The van der Waals surface area contributed by atoms with E-state index < -0.39 is 17.5 Å². The molecule has 0 spiro atoms. The minimum Gasteiger partial charge on any atom is -0.481 e. The molecule has 0 aromatic carbocycles. The lowest BCUT2D eigenvalue weighted by Gasteiger charge is -2.29. The fourth-order valence-electron chi connectivity index (χ4n) is 2.80. The van der Waals surface area contributed by atoms with Gasteiger partial charge >= 0.3 is 5.97 Å². The molecule has 1 aliphatic carbocycles. The largest absolute Gasteiger partial charge is 0.481 e. The molecular formula is C15H27NO4. The summed E-state index contributed by atoms with van der Waals surface area (Å²) >= 11 is 0. The van der Waals surface area contributed by atoms with E-state index >= 15 is 0 Å². The van der Waals surface area contributed by atoms with Crippen LogP contribution in [0.25, 0.3) is 0 Å². The second-order valence-corrected chi connectivity index (χ2v) is 6.13. The highest BCUT2D eigenvalue weighted by molar-refractivity contribution is 5.84. The third-order valence-electron chi connectivity index (χ3n) is 4.31. The third-order valence-corrected chi connectivity index (χ3v) is 4.31. The van der Waals surface area contributed by atoms with Gasteiger partial charge in [0, 0.05) is 20.0 Å². The van der Waals surface area contributed by atoms with Gasteiger partial charge in [-0.25, -0.2) is 0 Å². The summed E-state index contributed by atoms with van der Waals surface area (Å²) in [5, 5.41) is 18.8. The van der Waals surface area contributed by atoms with Crippen LogP contribution in [-0.4, -0.2) is 46.7 Å². The predicted octanol–water partition coefficient (Wildman–Crippen LogP) is 2.03. The summed E-state index contributed by atoms with van der Waals surface area (Å²) in [7, 11) is 1.68. The van der Waals surface area contributed by atoms with Crippen molar-refractivity contribution in [1.82, 2.24) is 4.90 Å². The Hall–Kier alpha value is -1.10. The summed E-state index contributed by atoms with van der Waals surface area (Å²) in [6.07, 6.45) is 5.23. The maximum absolute atomic E-state index is 12.2. The van der Waals surface area contributed by atoms with Crippen molar-refractivity contribution in [2.24, 2.45) is 5.41 Å². The van der Waals surface area contributed by atoms with Crippen LogP contribution in [0.2, 0.25) is 0 Å². The first-order valence-corrected chi connectivity index (χ1v) is 7.53. The van der Waals surface area contributed by atoms with Crippen molar-refractivity contribution < 1.29 is 19.8 Å². The van der Waals surface area contributed by atoms with E-state index in [-0.39, 0.29) is 12.3 Å². The highest BCUT2D eigenvalue weighted by Crippen LogP contribution is 2.38. The van der Waals surface area contributed by atoms with Crippen LogP contribution < -0.4 is 0 Å². The Morgan fingerprint density at radius 1 is 1.20 bits per heavy atom. The van der Waals surface area contributed by atoms with Gasteiger partial charge < -0.3 is 15.1 Å². The Morgan fingerprint density at radius 2 is 1.75 bits per heavy atom. The molecule has 1 amide bonds. The SMILES string of the molecule is CC(O)CCN(C)C(=O)CC1(C(=O)O)CCCCCC1. The van der Waals surface area contributed by atoms with E-state index in [4.69, 9.17) is 0 Å². The molecule has 0 bridgehead atoms. The van der Waals surface area contributed by atoms with Crippen LogP contribution in [0.4, 0.5) is 0 Å². The number of carboxylic acid groups (broad SMARTS) is 1. The lowest BCUT2D eigenvalue weighted by molar-refractivity contribution is -0.154. The number of amides is 1. The van der Waals surface area contributed by atoms with Crippen LogP contribution in [0.3, 0.4) is 0 Å². The Bertz CT molecular complexity index is 333. The number of aliphatic hydroxyl groups excluding tert-OH is 1. The molecule has 0 aliphatic heterocycles. The van der Waals surface area contributed by atoms with Gasteiger partial charge in [-0.15, -0.1) is 0 Å². The van der Waals surface area contributed by atoms with Gasteiger partial charge in [0.05, 0.1) is 11.5 Å². The van der Waals surface area contributed by atoms with Crippen molar-refractivity contribution in [3.63, 3.8) is 0 Å². The standard InChI is InChI=1S/C15H27NO4/c1-12(17)7-10-16(2)13(18)11-15(14(19)20)8-5-3-4-6-9-15/h12,17H,3-11H2,1-2H3,(H,19,20). The van der Waals surface area contributed by atoms with E-state index in [2.05, 4.69) is 0 Å². The number of hydrogen-bond donors (Lipinski definition) is 2. The normalized spacial score (nSPS) is 19.9. The van der Waals surface area contributed by atoms with E-state index in [9.17, 15) is 19.8 Å². The van der Waals surface area contributed by atoms with Gasteiger partial charge in [-0.1, -0.05) is 25.7 Å². The van der Waals surface area contributed by atoms with E-state index in [0.717, 1.165) is 25.7 Å². The van der Waals surface area contributed by atoms with Crippen LogP contribution in [0.15, 0.2) is 0 Å². The average molecular weight is 285 g/mol. The summed E-state index contributed by atoms with van der Waals surface area (Å²) in [6, 6.07) is 0. The second kappa shape index (κ2) is 7.62. The van der Waals surface area contributed by atoms with E-state index in [1.54, 1.807) is 18.9 Å². The molecule has 5 nitrogen and oxygen atoms in total. The molecule has 5 heteroatoms. The van der Waals surface area contributed by atoms with Gasteiger partial charge in [0.1, 0.15) is 0 Å². The van der Waals surface area contributed by atoms with Crippen molar-refractivity contribution >= 4 is 11.9 Å². The van der Waals surface area contributed by atoms with Crippen LogP contribution in [0.1, 0.15) is 58.3 Å². The van der Waals surface area contributed by atoms with E-state index in [0.29, 0.717) is 25.8 Å². The number of rotatable bonds is 6. The van der Waals surface area contributed by atoms with Gasteiger partial charge in [-0.05, 0) is 26.2 Å².